The molecule has 6 heteroatoms. The molecule has 0 aromatic carbocycles. The third-order valence-electron chi connectivity index (χ3n) is 3.30. The number of hydrogen-bond donors (Lipinski definition) is 3. The van der Waals surface area contributed by atoms with E-state index in [9.17, 15) is 0 Å². The zero-order chi connectivity index (χ0) is 12.4. The second kappa shape index (κ2) is 4.73. The van der Waals surface area contributed by atoms with Gasteiger partial charge in [0.15, 0.2) is 5.82 Å². The largest absolute Gasteiger partial charge is 0.325 e. The smallest absolute Gasteiger partial charge is 0.228 e. The van der Waals surface area contributed by atoms with Crippen LogP contribution in [-0.4, -0.2) is 20.2 Å². The van der Waals surface area contributed by atoms with E-state index in [0.29, 0.717) is 18.4 Å². The van der Waals surface area contributed by atoms with E-state index in [1.54, 1.807) is 12.3 Å². The number of hydrogen-bond acceptors (Lipinski definition) is 5. The van der Waals surface area contributed by atoms with Crippen LogP contribution in [0.2, 0.25) is 0 Å². The lowest BCUT2D eigenvalue weighted by Crippen LogP contribution is -2.08. The van der Waals surface area contributed by atoms with Crippen LogP contribution >= 0.6 is 0 Å². The highest BCUT2D eigenvalue weighted by atomic mass is 15.2. The SMILES string of the molecule is NCc1ccnc(Nc2cc(C3CCC3)[nH]n2)n1. The van der Waals surface area contributed by atoms with Gasteiger partial charge in [-0.3, -0.25) is 5.10 Å². The first-order chi connectivity index (χ1) is 8.85. The average Bonchev–Trinajstić information content (AvgIpc) is 2.75. The first-order valence-corrected chi connectivity index (χ1v) is 6.19. The lowest BCUT2D eigenvalue weighted by Gasteiger charge is -2.23. The maximum atomic E-state index is 5.54. The van der Waals surface area contributed by atoms with Gasteiger partial charge in [0.1, 0.15) is 0 Å². The summed E-state index contributed by atoms with van der Waals surface area (Å²) in [5.41, 5.74) is 7.54. The third-order valence-corrected chi connectivity index (χ3v) is 3.30. The molecule has 18 heavy (non-hydrogen) atoms. The highest BCUT2D eigenvalue weighted by Gasteiger charge is 2.21. The molecule has 0 radical (unpaired) electrons. The Hall–Kier alpha value is -1.95. The average molecular weight is 244 g/mol. The summed E-state index contributed by atoms with van der Waals surface area (Å²) in [7, 11) is 0. The highest BCUT2D eigenvalue weighted by molar-refractivity contribution is 5.48. The highest BCUT2D eigenvalue weighted by Crippen LogP contribution is 2.35. The maximum absolute atomic E-state index is 5.54. The Kier molecular flexibility index (Phi) is 2.93. The van der Waals surface area contributed by atoms with E-state index < -0.39 is 0 Å². The molecule has 0 spiro atoms. The van der Waals surface area contributed by atoms with Gasteiger partial charge in [0.25, 0.3) is 0 Å². The summed E-state index contributed by atoms with van der Waals surface area (Å²) in [5, 5.41) is 10.4. The lowest BCUT2D eigenvalue weighted by molar-refractivity contribution is 0.410. The number of aromatic amines is 1. The van der Waals surface area contributed by atoms with Crippen molar-refractivity contribution in [1.29, 1.82) is 0 Å². The van der Waals surface area contributed by atoms with Crippen LogP contribution in [0.15, 0.2) is 18.3 Å². The van der Waals surface area contributed by atoms with Crippen LogP contribution in [-0.2, 0) is 6.54 Å². The normalized spacial score (nSPS) is 15.4. The minimum Gasteiger partial charge on any atom is -0.325 e. The van der Waals surface area contributed by atoms with Crippen LogP contribution in [0, 0.1) is 0 Å². The Labute approximate surface area is 105 Å². The summed E-state index contributed by atoms with van der Waals surface area (Å²) in [4.78, 5) is 8.41. The summed E-state index contributed by atoms with van der Waals surface area (Å²) >= 11 is 0. The predicted octanol–water partition coefficient (Wildman–Crippen LogP) is 1.67. The van der Waals surface area contributed by atoms with Crippen LogP contribution in [0.5, 0.6) is 0 Å². The van der Waals surface area contributed by atoms with Gasteiger partial charge in [-0.25, -0.2) is 9.97 Å². The second-order valence-electron chi connectivity index (χ2n) is 4.54. The molecule has 6 nitrogen and oxygen atoms in total. The molecular weight excluding hydrogens is 228 g/mol. The molecule has 4 N–H and O–H groups in total. The summed E-state index contributed by atoms with van der Waals surface area (Å²) in [6.45, 7) is 0.408. The first kappa shape index (κ1) is 11.2. The second-order valence-corrected chi connectivity index (χ2v) is 4.54. The molecule has 0 amide bonds. The quantitative estimate of drug-likeness (QED) is 0.760. The molecule has 1 saturated carbocycles. The van der Waals surface area contributed by atoms with Crippen molar-refractivity contribution in [3.63, 3.8) is 0 Å². The van der Waals surface area contributed by atoms with Gasteiger partial charge in [-0.15, -0.1) is 0 Å². The molecule has 1 fully saturated rings. The number of anilines is 2. The molecule has 1 aliphatic rings. The Balaban J connectivity index is 1.72. The Morgan fingerprint density at radius 3 is 3.06 bits per heavy atom. The van der Waals surface area contributed by atoms with Gasteiger partial charge in [-0.05, 0) is 18.9 Å². The lowest BCUT2D eigenvalue weighted by atomic mass is 9.83. The van der Waals surface area contributed by atoms with E-state index in [-0.39, 0.29) is 0 Å². The van der Waals surface area contributed by atoms with Gasteiger partial charge < -0.3 is 11.1 Å². The van der Waals surface area contributed by atoms with E-state index in [4.69, 9.17) is 5.73 Å². The minimum absolute atomic E-state index is 0.408. The monoisotopic (exact) mass is 244 g/mol. The van der Waals surface area contributed by atoms with E-state index in [1.165, 1.54) is 25.0 Å². The number of H-pyrrole nitrogens is 1. The minimum atomic E-state index is 0.408. The molecule has 0 unspecified atom stereocenters. The molecule has 1 aliphatic carbocycles. The van der Waals surface area contributed by atoms with Crippen LogP contribution in [0.1, 0.15) is 36.6 Å². The van der Waals surface area contributed by atoms with Gasteiger partial charge in [0, 0.05) is 30.4 Å². The molecule has 0 saturated heterocycles. The van der Waals surface area contributed by atoms with Gasteiger partial charge in [0.2, 0.25) is 5.95 Å². The van der Waals surface area contributed by atoms with Gasteiger partial charge in [-0.2, -0.15) is 5.10 Å². The van der Waals surface area contributed by atoms with E-state index in [2.05, 4.69) is 25.5 Å². The van der Waals surface area contributed by atoms with Gasteiger partial charge in [0.05, 0.1) is 5.69 Å². The third kappa shape index (κ3) is 2.19. The molecule has 0 aliphatic heterocycles. The first-order valence-electron chi connectivity index (χ1n) is 6.19. The molecule has 3 rings (SSSR count). The molecule has 94 valence electrons. The summed E-state index contributed by atoms with van der Waals surface area (Å²) in [6.07, 6.45) is 5.51. The Morgan fingerprint density at radius 2 is 2.33 bits per heavy atom. The number of nitrogens with one attached hydrogen (secondary N) is 2. The fourth-order valence-electron chi connectivity index (χ4n) is 2.01. The molecule has 0 atom stereocenters. The standard InChI is InChI=1S/C12H16N6/c13-7-9-4-5-14-12(15-9)16-11-6-10(17-18-11)8-2-1-3-8/h4-6,8H,1-3,7,13H2,(H2,14,15,16,17,18). The van der Waals surface area contributed by atoms with Crippen molar-refractivity contribution in [2.45, 2.75) is 31.7 Å². The van der Waals surface area contributed by atoms with Gasteiger partial charge >= 0.3 is 0 Å². The van der Waals surface area contributed by atoms with Crippen molar-refractivity contribution in [2.24, 2.45) is 5.73 Å². The maximum Gasteiger partial charge on any atom is 0.228 e. The molecular formula is C12H16N6. The van der Waals surface area contributed by atoms with Gasteiger partial charge in [-0.1, -0.05) is 6.42 Å². The van der Waals surface area contributed by atoms with E-state index in [1.807, 2.05) is 6.07 Å². The van der Waals surface area contributed by atoms with Crippen molar-refractivity contribution in [2.75, 3.05) is 5.32 Å². The zero-order valence-corrected chi connectivity index (χ0v) is 10.1. The van der Waals surface area contributed by atoms with Crippen LogP contribution in [0.25, 0.3) is 0 Å². The number of rotatable bonds is 4. The molecule has 0 bridgehead atoms. The van der Waals surface area contributed by atoms with Crippen molar-refractivity contribution in [3.05, 3.63) is 29.7 Å². The van der Waals surface area contributed by atoms with Crippen LogP contribution < -0.4 is 11.1 Å². The topological polar surface area (TPSA) is 92.5 Å². The van der Waals surface area contributed by atoms with Crippen LogP contribution in [0.3, 0.4) is 0 Å². The molecule has 2 aromatic rings. The number of nitrogens with zero attached hydrogens (tertiary/aromatic N) is 3. The van der Waals surface area contributed by atoms with Crippen molar-refractivity contribution >= 4 is 11.8 Å². The Bertz CT molecular complexity index is 531. The predicted molar refractivity (Wildman–Crippen MR) is 68.4 cm³/mol. The van der Waals surface area contributed by atoms with E-state index in [0.717, 1.165) is 11.5 Å². The van der Waals surface area contributed by atoms with Crippen LogP contribution in [0.4, 0.5) is 11.8 Å². The number of aromatic nitrogens is 4. The zero-order valence-electron chi connectivity index (χ0n) is 10.1. The van der Waals surface area contributed by atoms with Crippen molar-refractivity contribution in [1.82, 2.24) is 20.2 Å². The summed E-state index contributed by atoms with van der Waals surface area (Å²) in [5.74, 6) is 1.93. The van der Waals surface area contributed by atoms with E-state index >= 15 is 0 Å². The van der Waals surface area contributed by atoms with Crippen molar-refractivity contribution in [3.8, 4) is 0 Å². The summed E-state index contributed by atoms with van der Waals surface area (Å²) < 4.78 is 0. The van der Waals surface area contributed by atoms with Crippen molar-refractivity contribution < 1.29 is 0 Å². The molecule has 2 heterocycles. The fraction of sp³-hybridized carbons (Fsp3) is 0.417. The molecule has 2 aromatic heterocycles. The summed E-state index contributed by atoms with van der Waals surface area (Å²) in [6, 6.07) is 3.83. The fourth-order valence-corrected chi connectivity index (χ4v) is 2.01. The Morgan fingerprint density at radius 1 is 1.44 bits per heavy atom. The number of nitrogens with two attached hydrogens (primary N) is 1.